The molecule has 0 aliphatic carbocycles. The Morgan fingerprint density at radius 2 is 1.83 bits per heavy atom. The minimum absolute atomic E-state index is 0.790. The summed E-state index contributed by atoms with van der Waals surface area (Å²) in [6, 6.07) is 0. The van der Waals surface area contributed by atoms with E-state index in [-0.39, 0.29) is 0 Å². The Morgan fingerprint density at radius 1 is 1.00 bits per heavy atom. The van der Waals surface area contributed by atoms with Gasteiger partial charge in [0.05, 0.1) is 6.20 Å². The van der Waals surface area contributed by atoms with E-state index in [0.29, 0.717) is 0 Å². The van der Waals surface area contributed by atoms with Crippen molar-refractivity contribution in [2.45, 2.75) is 0 Å². The van der Waals surface area contributed by atoms with Crippen LogP contribution in [-0.2, 0) is 0 Å². The minimum Gasteiger partial charge on any atom is -0.365 e. The van der Waals surface area contributed by atoms with E-state index in [4.69, 9.17) is 0 Å². The average Bonchev–Trinajstić information content (AvgIpc) is 3.08. The van der Waals surface area contributed by atoms with Gasteiger partial charge in [-0.15, -0.1) is 22.7 Å². The van der Waals surface area contributed by atoms with Crippen molar-refractivity contribution >= 4 is 27.8 Å². The van der Waals surface area contributed by atoms with Gasteiger partial charge in [-0.1, -0.05) is 0 Å². The van der Waals surface area contributed by atoms with Crippen molar-refractivity contribution in [1.82, 2.24) is 19.9 Å². The molecule has 0 amide bonds. The standard InChI is InChI=1S/C11H9N5S2/c1-12-11-16-9(6-18-11)8-5-17-10(15-8)7-4-13-2-3-14-7/h2-6H,1H3,(H,12,16). The van der Waals surface area contributed by atoms with Gasteiger partial charge in [-0.2, -0.15) is 0 Å². The van der Waals surface area contributed by atoms with Crippen LogP contribution in [0, 0.1) is 0 Å². The van der Waals surface area contributed by atoms with E-state index in [2.05, 4.69) is 25.3 Å². The third-order valence-corrected chi connectivity index (χ3v) is 3.99. The SMILES string of the molecule is CNc1nc(-c2csc(-c3cnccn3)n2)cs1. The fourth-order valence-corrected chi connectivity index (χ4v) is 2.86. The fraction of sp³-hybridized carbons (Fsp3) is 0.0909. The lowest BCUT2D eigenvalue weighted by Gasteiger charge is -1.92. The van der Waals surface area contributed by atoms with E-state index < -0.39 is 0 Å². The van der Waals surface area contributed by atoms with Gasteiger partial charge in [0.1, 0.15) is 22.1 Å². The van der Waals surface area contributed by atoms with Crippen LogP contribution in [0.2, 0.25) is 0 Å². The zero-order valence-corrected chi connectivity index (χ0v) is 11.1. The first-order valence-electron chi connectivity index (χ1n) is 5.22. The first-order valence-corrected chi connectivity index (χ1v) is 6.98. The summed E-state index contributed by atoms with van der Waals surface area (Å²) in [6.45, 7) is 0. The second-order valence-electron chi connectivity index (χ2n) is 3.42. The van der Waals surface area contributed by atoms with E-state index >= 15 is 0 Å². The van der Waals surface area contributed by atoms with Crippen molar-refractivity contribution in [3.63, 3.8) is 0 Å². The molecule has 0 radical (unpaired) electrons. The highest BCUT2D eigenvalue weighted by Crippen LogP contribution is 2.29. The number of thiazole rings is 2. The summed E-state index contributed by atoms with van der Waals surface area (Å²) in [5.74, 6) is 0. The summed E-state index contributed by atoms with van der Waals surface area (Å²) in [4.78, 5) is 17.2. The molecule has 1 N–H and O–H groups in total. The highest BCUT2D eigenvalue weighted by Gasteiger charge is 2.10. The molecule has 0 aromatic carbocycles. The maximum atomic E-state index is 4.53. The lowest BCUT2D eigenvalue weighted by Crippen LogP contribution is -1.86. The number of nitrogens with zero attached hydrogens (tertiary/aromatic N) is 4. The van der Waals surface area contributed by atoms with Gasteiger partial charge in [0.15, 0.2) is 5.13 Å². The van der Waals surface area contributed by atoms with Crippen LogP contribution in [0.5, 0.6) is 0 Å². The highest BCUT2D eigenvalue weighted by atomic mass is 32.1. The Kier molecular flexibility index (Phi) is 2.99. The van der Waals surface area contributed by atoms with Crippen LogP contribution in [0.1, 0.15) is 0 Å². The zero-order valence-electron chi connectivity index (χ0n) is 9.49. The predicted octanol–water partition coefficient (Wildman–Crippen LogP) is 2.77. The molecule has 90 valence electrons. The molecule has 0 aliphatic rings. The van der Waals surface area contributed by atoms with Gasteiger partial charge in [0.25, 0.3) is 0 Å². The summed E-state index contributed by atoms with van der Waals surface area (Å²) in [6.07, 6.45) is 5.03. The molecule has 18 heavy (non-hydrogen) atoms. The van der Waals surface area contributed by atoms with Gasteiger partial charge in [0.2, 0.25) is 0 Å². The Hall–Kier alpha value is -1.86. The molecule has 3 aromatic rings. The van der Waals surface area contributed by atoms with E-state index in [1.807, 2.05) is 17.8 Å². The molecule has 0 atom stereocenters. The lowest BCUT2D eigenvalue weighted by molar-refractivity contribution is 1.19. The lowest BCUT2D eigenvalue weighted by atomic mass is 10.4. The fourth-order valence-electron chi connectivity index (χ4n) is 1.42. The highest BCUT2D eigenvalue weighted by molar-refractivity contribution is 7.14. The molecule has 0 bridgehead atoms. The van der Waals surface area contributed by atoms with Crippen LogP contribution >= 0.6 is 22.7 Å². The topological polar surface area (TPSA) is 63.6 Å². The maximum absolute atomic E-state index is 4.53. The molecular weight excluding hydrogens is 266 g/mol. The molecular formula is C11H9N5S2. The van der Waals surface area contributed by atoms with Crippen LogP contribution in [0.25, 0.3) is 22.1 Å². The van der Waals surface area contributed by atoms with Gasteiger partial charge in [0, 0.05) is 30.2 Å². The Balaban J connectivity index is 1.94. The first-order chi connectivity index (χ1) is 8.86. The molecule has 0 fully saturated rings. The first kappa shape index (κ1) is 11.2. The van der Waals surface area contributed by atoms with Crippen molar-refractivity contribution in [3.05, 3.63) is 29.4 Å². The van der Waals surface area contributed by atoms with Crippen molar-refractivity contribution < 1.29 is 0 Å². The van der Waals surface area contributed by atoms with Gasteiger partial charge in [-0.3, -0.25) is 9.97 Å². The summed E-state index contributed by atoms with van der Waals surface area (Å²) in [7, 11) is 1.86. The summed E-state index contributed by atoms with van der Waals surface area (Å²) < 4.78 is 0. The van der Waals surface area contributed by atoms with Crippen LogP contribution in [0.4, 0.5) is 5.13 Å². The second kappa shape index (κ2) is 4.79. The van der Waals surface area contributed by atoms with Crippen molar-refractivity contribution in [2.75, 3.05) is 12.4 Å². The third-order valence-electron chi connectivity index (χ3n) is 2.27. The number of hydrogen-bond donors (Lipinski definition) is 1. The van der Waals surface area contributed by atoms with Crippen LogP contribution < -0.4 is 5.32 Å². The Labute approximate surface area is 112 Å². The van der Waals surface area contributed by atoms with Crippen LogP contribution in [0.15, 0.2) is 29.4 Å². The van der Waals surface area contributed by atoms with E-state index in [0.717, 1.165) is 27.2 Å². The number of rotatable bonds is 3. The third kappa shape index (κ3) is 2.09. The summed E-state index contributed by atoms with van der Waals surface area (Å²) >= 11 is 3.11. The zero-order chi connectivity index (χ0) is 12.4. The quantitative estimate of drug-likeness (QED) is 0.796. The normalized spacial score (nSPS) is 10.5. The molecule has 7 heteroatoms. The predicted molar refractivity (Wildman–Crippen MR) is 73.8 cm³/mol. The smallest absolute Gasteiger partial charge is 0.183 e. The molecule has 0 saturated heterocycles. The van der Waals surface area contributed by atoms with E-state index in [1.165, 1.54) is 0 Å². The van der Waals surface area contributed by atoms with E-state index in [1.54, 1.807) is 41.3 Å². The monoisotopic (exact) mass is 275 g/mol. The molecule has 0 saturated carbocycles. The number of anilines is 1. The molecule has 5 nitrogen and oxygen atoms in total. The molecule has 3 aromatic heterocycles. The van der Waals surface area contributed by atoms with Gasteiger partial charge in [-0.25, -0.2) is 9.97 Å². The van der Waals surface area contributed by atoms with Gasteiger partial charge in [-0.05, 0) is 0 Å². The largest absolute Gasteiger partial charge is 0.365 e. The number of aromatic nitrogens is 4. The van der Waals surface area contributed by atoms with Gasteiger partial charge < -0.3 is 5.32 Å². The molecule has 0 aliphatic heterocycles. The number of hydrogen-bond acceptors (Lipinski definition) is 7. The summed E-state index contributed by atoms with van der Waals surface area (Å²) in [5, 5.41) is 8.73. The Bertz CT molecular complexity index is 646. The van der Waals surface area contributed by atoms with Gasteiger partial charge >= 0.3 is 0 Å². The molecule has 0 spiro atoms. The average molecular weight is 275 g/mol. The number of nitrogens with one attached hydrogen (secondary N) is 1. The molecule has 0 unspecified atom stereocenters. The maximum Gasteiger partial charge on any atom is 0.183 e. The van der Waals surface area contributed by atoms with Crippen LogP contribution in [0.3, 0.4) is 0 Å². The second-order valence-corrected chi connectivity index (χ2v) is 5.13. The van der Waals surface area contributed by atoms with Crippen molar-refractivity contribution in [1.29, 1.82) is 0 Å². The van der Waals surface area contributed by atoms with Crippen LogP contribution in [-0.4, -0.2) is 27.0 Å². The molecule has 3 heterocycles. The van der Waals surface area contributed by atoms with E-state index in [9.17, 15) is 0 Å². The van der Waals surface area contributed by atoms with Crippen molar-refractivity contribution in [3.8, 4) is 22.1 Å². The molecule has 3 rings (SSSR count). The van der Waals surface area contributed by atoms with Crippen molar-refractivity contribution in [2.24, 2.45) is 0 Å². The minimum atomic E-state index is 0.790. The summed E-state index contributed by atoms with van der Waals surface area (Å²) in [5.41, 5.74) is 2.55. The Morgan fingerprint density at radius 3 is 2.56 bits per heavy atom.